The van der Waals surface area contributed by atoms with Crippen molar-refractivity contribution < 1.29 is 61.3 Å². The molecule has 24 valence electrons. The van der Waals surface area contributed by atoms with Crippen molar-refractivity contribution in [1.29, 1.82) is 0 Å². The zero-order valence-corrected chi connectivity index (χ0v) is 6.06. The minimum Gasteiger partial charge on any atom is -0.465 e. The fraction of sp³-hybridized carbons (Fsp3) is 0. The Labute approximate surface area is 72.0 Å². The molecule has 0 bridgehead atoms. The number of carboxylic acid groups (broad SMARTS) is 1. The largest absolute Gasteiger partial charge is 1.00 e. The van der Waals surface area contributed by atoms with Crippen LogP contribution in [0.3, 0.4) is 0 Å². The number of hydrogen-bond acceptors (Lipinski definition) is 1. The van der Waals surface area contributed by atoms with Gasteiger partial charge in [-0.2, -0.15) is 0 Å². The van der Waals surface area contributed by atoms with Crippen molar-refractivity contribution in [3.8, 4) is 0 Å². The molecule has 0 aromatic heterocycles. The van der Waals surface area contributed by atoms with Gasteiger partial charge in [0.2, 0.25) is 0 Å². The summed E-state index contributed by atoms with van der Waals surface area (Å²) in [5, 5.41) is 7.19. The molecular weight excluding hydrogens is 97.1 g/mol. The molecule has 0 rings (SSSR count). The Hall–Kier alpha value is 0.906. The van der Waals surface area contributed by atoms with Crippen molar-refractivity contribution in [1.82, 2.24) is 0 Å². The summed E-state index contributed by atoms with van der Waals surface area (Å²) in [6, 6.07) is 0. The summed E-state index contributed by atoms with van der Waals surface area (Å²) in [5.41, 5.74) is 4.03. The van der Waals surface area contributed by atoms with Gasteiger partial charge in [0.1, 0.15) is 0 Å². The Morgan fingerprint density at radius 1 is 1.80 bits per heavy atom. The van der Waals surface area contributed by atoms with Crippen LogP contribution in [0.4, 0.5) is 4.79 Å². The van der Waals surface area contributed by atoms with Gasteiger partial charge in [0, 0.05) is 0 Å². The van der Waals surface area contributed by atoms with Crippen LogP contribution in [0.1, 0.15) is 0 Å². The van der Waals surface area contributed by atoms with E-state index in [1.54, 1.807) is 0 Å². The third-order valence-electron chi connectivity index (χ3n) is 0. The fourth-order valence-corrected chi connectivity index (χ4v) is 0. The van der Waals surface area contributed by atoms with Gasteiger partial charge < -0.3 is 10.8 Å². The third-order valence-corrected chi connectivity index (χ3v) is 0. The Morgan fingerprint density at radius 2 is 1.80 bits per heavy atom. The maximum absolute atomic E-state index is 8.78. The predicted octanol–water partition coefficient (Wildman–Crippen LogP) is -3.37. The van der Waals surface area contributed by atoms with E-state index in [1.807, 2.05) is 0 Å². The molecule has 3 nitrogen and oxygen atoms in total. The topological polar surface area (TPSA) is 63.3 Å². The van der Waals surface area contributed by atoms with Gasteiger partial charge in [-0.1, -0.05) is 0 Å². The molecule has 0 saturated heterocycles. The number of nitrogens with two attached hydrogens (primary N) is 1. The first-order valence-electron chi connectivity index (χ1n) is 0.716. The summed E-state index contributed by atoms with van der Waals surface area (Å²) < 4.78 is 0. The first-order valence-corrected chi connectivity index (χ1v) is 0.716. The fourth-order valence-electron chi connectivity index (χ4n) is 0. The van der Waals surface area contributed by atoms with E-state index in [0.29, 0.717) is 0 Å². The molecule has 0 heterocycles. The second-order valence-corrected chi connectivity index (χ2v) is 0.338. The molecule has 0 saturated carbocycles. The molecular formula is CH3KNO2+. The SMILES string of the molecule is NC(=O)O.[K+]. The molecule has 0 fully saturated rings. The number of primary amides is 1. The minimum atomic E-state index is -1.33. The van der Waals surface area contributed by atoms with E-state index in [-0.39, 0.29) is 51.4 Å². The number of carbonyl (C=O) groups is 1. The van der Waals surface area contributed by atoms with E-state index in [4.69, 9.17) is 9.90 Å². The van der Waals surface area contributed by atoms with Gasteiger partial charge in [-0.25, -0.2) is 4.79 Å². The molecule has 5 heavy (non-hydrogen) atoms. The summed E-state index contributed by atoms with van der Waals surface area (Å²) in [7, 11) is 0. The molecule has 0 radical (unpaired) electrons. The molecule has 1 amide bonds. The Morgan fingerprint density at radius 3 is 1.80 bits per heavy atom. The van der Waals surface area contributed by atoms with Gasteiger partial charge in [-0.15, -0.1) is 0 Å². The number of amides is 1. The van der Waals surface area contributed by atoms with E-state index in [9.17, 15) is 0 Å². The molecule has 0 spiro atoms. The summed E-state index contributed by atoms with van der Waals surface area (Å²) in [5.74, 6) is 0. The van der Waals surface area contributed by atoms with Crippen LogP contribution < -0.4 is 57.1 Å². The third kappa shape index (κ3) is 50.4. The first-order chi connectivity index (χ1) is 1.73. The standard InChI is InChI=1S/CH3NO2.K/c2-1(3)4;/h2H2,(H,3,4);/q;+1. The molecule has 4 heteroatoms. The van der Waals surface area contributed by atoms with E-state index < -0.39 is 6.09 Å². The quantitative estimate of drug-likeness (QED) is 0.312. The average Bonchev–Trinajstić information content (AvgIpc) is 0.811. The maximum atomic E-state index is 8.78. The molecule has 0 aliphatic rings. The van der Waals surface area contributed by atoms with Crippen LogP contribution >= 0.6 is 0 Å². The summed E-state index contributed by atoms with van der Waals surface area (Å²) in [4.78, 5) is 8.78. The second kappa shape index (κ2) is 4.91. The first kappa shape index (κ1) is 9.32. The molecule has 0 atom stereocenters. The van der Waals surface area contributed by atoms with Crippen molar-refractivity contribution in [3.63, 3.8) is 0 Å². The van der Waals surface area contributed by atoms with Crippen LogP contribution in [0.2, 0.25) is 0 Å². The van der Waals surface area contributed by atoms with Gasteiger partial charge in [0.25, 0.3) is 0 Å². The zero-order chi connectivity index (χ0) is 3.58. The number of hydrogen-bond donors (Lipinski definition) is 2. The Bertz CT molecular complexity index is 32.6. The van der Waals surface area contributed by atoms with E-state index in [2.05, 4.69) is 5.73 Å². The smallest absolute Gasteiger partial charge is 0.465 e. The van der Waals surface area contributed by atoms with Gasteiger partial charge in [0.05, 0.1) is 0 Å². The van der Waals surface area contributed by atoms with Crippen LogP contribution in [-0.2, 0) is 0 Å². The van der Waals surface area contributed by atoms with Crippen molar-refractivity contribution in [2.45, 2.75) is 0 Å². The van der Waals surface area contributed by atoms with Crippen molar-refractivity contribution in [3.05, 3.63) is 0 Å². The minimum absolute atomic E-state index is 0. The Balaban J connectivity index is 0. The van der Waals surface area contributed by atoms with Gasteiger partial charge in [0.15, 0.2) is 0 Å². The average molecular weight is 100 g/mol. The van der Waals surface area contributed by atoms with Crippen molar-refractivity contribution >= 4 is 6.09 Å². The van der Waals surface area contributed by atoms with Gasteiger partial charge in [-0.3, -0.25) is 0 Å². The van der Waals surface area contributed by atoms with Crippen LogP contribution in [-0.4, -0.2) is 11.2 Å². The summed E-state index contributed by atoms with van der Waals surface area (Å²) >= 11 is 0. The van der Waals surface area contributed by atoms with Crippen molar-refractivity contribution in [2.75, 3.05) is 0 Å². The maximum Gasteiger partial charge on any atom is 1.00 e. The molecule has 0 aromatic rings. The molecule has 3 N–H and O–H groups in total. The number of rotatable bonds is 0. The molecule has 0 aromatic carbocycles. The molecule has 0 aliphatic carbocycles. The monoisotopic (exact) mass is 100.0 g/mol. The van der Waals surface area contributed by atoms with Crippen LogP contribution in [0, 0.1) is 0 Å². The van der Waals surface area contributed by atoms with Crippen LogP contribution in [0.25, 0.3) is 0 Å². The molecule has 0 aliphatic heterocycles. The predicted molar refractivity (Wildman–Crippen MR) is 12.2 cm³/mol. The Kier molecular flexibility index (Phi) is 9.14. The zero-order valence-electron chi connectivity index (χ0n) is 2.93. The summed E-state index contributed by atoms with van der Waals surface area (Å²) in [6.07, 6.45) is -1.33. The second-order valence-electron chi connectivity index (χ2n) is 0.338. The van der Waals surface area contributed by atoms with E-state index in [1.165, 1.54) is 0 Å². The van der Waals surface area contributed by atoms with E-state index in [0.717, 1.165) is 0 Å². The van der Waals surface area contributed by atoms with Gasteiger partial charge >= 0.3 is 57.5 Å². The van der Waals surface area contributed by atoms with Crippen LogP contribution in [0.15, 0.2) is 0 Å². The van der Waals surface area contributed by atoms with Gasteiger partial charge in [-0.05, 0) is 0 Å². The molecule has 0 unspecified atom stereocenters. The normalized spacial score (nSPS) is 4.80. The van der Waals surface area contributed by atoms with Crippen molar-refractivity contribution in [2.24, 2.45) is 5.73 Å². The summed E-state index contributed by atoms with van der Waals surface area (Å²) in [6.45, 7) is 0. The van der Waals surface area contributed by atoms with Crippen LogP contribution in [0.5, 0.6) is 0 Å². The van der Waals surface area contributed by atoms with E-state index >= 15 is 0 Å².